The molecule has 0 saturated heterocycles. The molecule has 0 atom stereocenters. The van der Waals surface area contributed by atoms with Gasteiger partial charge in [-0.1, -0.05) is 37.1 Å². The Balaban J connectivity index is 1.78. The van der Waals surface area contributed by atoms with E-state index in [9.17, 15) is 4.79 Å². The molecule has 0 aliphatic heterocycles. The Morgan fingerprint density at radius 1 is 1.32 bits per heavy atom. The van der Waals surface area contributed by atoms with Gasteiger partial charge in [0.25, 0.3) is 0 Å². The molecule has 0 aromatic heterocycles. The van der Waals surface area contributed by atoms with E-state index in [4.69, 9.17) is 0 Å². The lowest BCUT2D eigenvalue weighted by molar-refractivity contribution is -0.122. The van der Waals surface area contributed by atoms with Crippen LogP contribution >= 0.6 is 0 Å². The average molecular weight is 260 g/mol. The van der Waals surface area contributed by atoms with Crippen molar-refractivity contribution in [3.05, 3.63) is 35.4 Å². The van der Waals surface area contributed by atoms with Crippen molar-refractivity contribution in [2.45, 2.75) is 45.2 Å². The van der Waals surface area contributed by atoms with Crippen LogP contribution in [0.15, 0.2) is 24.3 Å². The first kappa shape index (κ1) is 14.1. The van der Waals surface area contributed by atoms with Crippen LogP contribution in [0.2, 0.25) is 0 Å². The van der Waals surface area contributed by atoms with E-state index in [1.165, 1.54) is 24.0 Å². The van der Waals surface area contributed by atoms with E-state index in [1.54, 1.807) is 0 Å². The maximum Gasteiger partial charge on any atom is 0.234 e. The monoisotopic (exact) mass is 260 g/mol. The van der Waals surface area contributed by atoms with Gasteiger partial charge in [0.05, 0.1) is 6.54 Å². The van der Waals surface area contributed by atoms with Crippen molar-refractivity contribution in [2.75, 3.05) is 13.6 Å². The predicted molar refractivity (Wildman–Crippen MR) is 77.9 cm³/mol. The molecule has 0 bridgehead atoms. The number of amides is 1. The minimum absolute atomic E-state index is 0.156. The standard InChI is InChI=1S/C16H24N2O/c1-13-7-3-4-8-14(13)11-18(2)12-16(19)17-15-9-5-6-10-15/h3-4,7-8,15H,5-6,9-12H2,1-2H3,(H,17,19). The molecule has 104 valence electrons. The van der Waals surface area contributed by atoms with Gasteiger partial charge in [0, 0.05) is 12.6 Å². The molecule has 3 heteroatoms. The fourth-order valence-corrected chi connectivity index (χ4v) is 2.72. The van der Waals surface area contributed by atoms with Crippen molar-refractivity contribution >= 4 is 5.91 Å². The third kappa shape index (κ3) is 4.35. The van der Waals surface area contributed by atoms with Gasteiger partial charge in [-0.25, -0.2) is 0 Å². The summed E-state index contributed by atoms with van der Waals surface area (Å²) in [4.78, 5) is 14.0. The molecule has 1 aromatic carbocycles. The number of rotatable bonds is 5. The normalized spacial score (nSPS) is 15.9. The molecule has 1 saturated carbocycles. The number of nitrogens with one attached hydrogen (secondary N) is 1. The van der Waals surface area contributed by atoms with Gasteiger partial charge in [-0.3, -0.25) is 9.69 Å². The van der Waals surface area contributed by atoms with Gasteiger partial charge in [0.15, 0.2) is 0 Å². The lowest BCUT2D eigenvalue weighted by atomic mass is 10.1. The van der Waals surface area contributed by atoms with Crippen LogP contribution in [-0.2, 0) is 11.3 Å². The third-order valence-corrected chi connectivity index (χ3v) is 3.84. The molecular formula is C16H24N2O. The second kappa shape index (κ2) is 6.71. The van der Waals surface area contributed by atoms with E-state index >= 15 is 0 Å². The van der Waals surface area contributed by atoms with Crippen LogP contribution in [0.25, 0.3) is 0 Å². The molecule has 3 nitrogen and oxygen atoms in total. The molecule has 1 aromatic rings. The van der Waals surface area contributed by atoms with Crippen molar-refractivity contribution in [2.24, 2.45) is 0 Å². The van der Waals surface area contributed by atoms with Crippen molar-refractivity contribution in [3.8, 4) is 0 Å². The number of carbonyl (C=O) groups excluding carboxylic acids is 1. The van der Waals surface area contributed by atoms with Crippen LogP contribution in [0.1, 0.15) is 36.8 Å². The first-order chi connectivity index (χ1) is 9.15. The summed E-state index contributed by atoms with van der Waals surface area (Å²) in [6.07, 6.45) is 4.80. The highest BCUT2D eigenvalue weighted by molar-refractivity contribution is 5.78. The molecule has 1 N–H and O–H groups in total. The molecule has 1 fully saturated rings. The number of nitrogens with zero attached hydrogens (tertiary/aromatic N) is 1. The van der Waals surface area contributed by atoms with Crippen LogP contribution in [-0.4, -0.2) is 30.4 Å². The first-order valence-corrected chi connectivity index (χ1v) is 7.17. The van der Waals surface area contributed by atoms with Gasteiger partial charge in [0.2, 0.25) is 5.91 Å². The van der Waals surface area contributed by atoms with Crippen molar-refractivity contribution in [3.63, 3.8) is 0 Å². The van der Waals surface area contributed by atoms with Gasteiger partial charge in [-0.05, 0) is 37.9 Å². The van der Waals surface area contributed by atoms with E-state index in [0.29, 0.717) is 12.6 Å². The maximum absolute atomic E-state index is 11.9. The topological polar surface area (TPSA) is 32.3 Å². The Bertz CT molecular complexity index is 425. The number of aryl methyl sites for hydroxylation is 1. The summed E-state index contributed by atoms with van der Waals surface area (Å²) in [7, 11) is 2.00. The van der Waals surface area contributed by atoms with Gasteiger partial charge >= 0.3 is 0 Å². The van der Waals surface area contributed by atoms with Gasteiger partial charge in [0.1, 0.15) is 0 Å². The maximum atomic E-state index is 11.9. The summed E-state index contributed by atoms with van der Waals surface area (Å²) in [5, 5.41) is 3.13. The lowest BCUT2D eigenvalue weighted by Crippen LogP contribution is -2.39. The quantitative estimate of drug-likeness (QED) is 0.882. The molecule has 1 aliphatic rings. The predicted octanol–water partition coefficient (Wildman–Crippen LogP) is 2.49. The molecule has 0 spiro atoms. The zero-order valence-corrected chi connectivity index (χ0v) is 12.0. The summed E-state index contributed by atoms with van der Waals surface area (Å²) < 4.78 is 0. The summed E-state index contributed by atoms with van der Waals surface area (Å²) in [5.41, 5.74) is 2.57. The van der Waals surface area contributed by atoms with E-state index in [0.717, 1.165) is 19.4 Å². The van der Waals surface area contributed by atoms with E-state index in [2.05, 4.69) is 35.3 Å². The second-order valence-electron chi connectivity index (χ2n) is 5.65. The van der Waals surface area contributed by atoms with Crippen molar-refractivity contribution < 1.29 is 4.79 Å². The van der Waals surface area contributed by atoms with E-state index < -0.39 is 0 Å². The third-order valence-electron chi connectivity index (χ3n) is 3.84. The Morgan fingerprint density at radius 2 is 2.00 bits per heavy atom. The highest BCUT2D eigenvalue weighted by atomic mass is 16.2. The van der Waals surface area contributed by atoms with Crippen LogP contribution in [0.5, 0.6) is 0 Å². The zero-order chi connectivity index (χ0) is 13.7. The number of benzene rings is 1. The van der Waals surface area contributed by atoms with Crippen molar-refractivity contribution in [1.29, 1.82) is 0 Å². The van der Waals surface area contributed by atoms with Gasteiger partial charge in [-0.15, -0.1) is 0 Å². The number of likely N-dealkylation sites (N-methyl/N-ethyl adjacent to an activating group) is 1. The summed E-state index contributed by atoms with van der Waals surface area (Å²) >= 11 is 0. The zero-order valence-electron chi connectivity index (χ0n) is 12.0. The molecule has 1 aliphatic carbocycles. The fraction of sp³-hybridized carbons (Fsp3) is 0.562. The molecule has 0 radical (unpaired) electrons. The molecular weight excluding hydrogens is 236 g/mol. The van der Waals surface area contributed by atoms with E-state index in [-0.39, 0.29) is 5.91 Å². The van der Waals surface area contributed by atoms with Crippen LogP contribution in [0.3, 0.4) is 0 Å². The number of hydrogen-bond acceptors (Lipinski definition) is 2. The average Bonchev–Trinajstić information content (AvgIpc) is 2.84. The molecule has 0 heterocycles. The molecule has 2 rings (SSSR count). The molecule has 19 heavy (non-hydrogen) atoms. The summed E-state index contributed by atoms with van der Waals surface area (Å²) in [6, 6.07) is 8.75. The smallest absolute Gasteiger partial charge is 0.234 e. The molecule has 0 unspecified atom stereocenters. The first-order valence-electron chi connectivity index (χ1n) is 7.17. The van der Waals surface area contributed by atoms with E-state index in [1.807, 2.05) is 13.1 Å². The SMILES string of the molecule is Cc1ccccc1CN(C)CC(=O)NC1CCCC1. The van der Waals surface area contributed by atoms with Crippen LogP contribution in [0, 0.1) is 6.92 Å². The Hall–Kier alpha value is -1.35. The second-order valence-corrected chi connectivity index (χ2v) is 5.65. The Morgan fingerprint density at radius 3 is 2.68 bits per heavy atom. The highest BCUT2D eigenvalue weighted by Crippen LogP contribution is 2.17. The Kier molecular flexibility index (Phi) is 4.97. The van der Waals surface area contributed by atoms with Gasteiger partial charge in [-0.2, -0.15) is 0 Å². The lowest BCUT2D eigenvalue weighted by Gasteiger charge is -2.19. The number of hydrogen-bond donors (Lipinski definition) is 1. The number of carbonyl (C=O) groups is 1. The Labute approximate surface area is 116 Å². The summed E-state index contributed by atoms with van der Waals surface area (Å²) in [6.45, 7) is 3.41. The molecule has 1 amide bonds. The van der Waals surface area contributed by atoms with Crippen LogP contribution in [0.4, 0.5) is 0 Å². The fourth-order valence-electron chi connectivity index (χ4n) is 2.72. The van der Waals surface area contributed by atoms with Gasteiger partial charge < -0.3 is 5.32 Å². The summed E-state index contributed by atoms with van der Waals surface area (Å²) in [5.74, 6) is 0.156. The minimum atomic E-state index is 0.156. The van der Waals surface area contributed by atoms with Crippen molar-refractivity contribution in [1.82, 2.24) is 10.2 Å². The van der Waals surface area contributed by atoms with Crippen LogP contribution < -0.4 is 5.32 Å². The highest BCUT2D eigenvalue weighted by Gasteiger charge is 2.17. The minimum Gasteiger partial charge on any atom is -0.352 e. The largest absolute Gasteiger partial charge is 0.352 e.